The number of rotatable bonds is 7. The van der Waals surface area contributed by atoms with Crippen LogP contribution < -0.4 is 9.47 Å². The number of hydrogen-bond acceptors (Lipinski definition) is 6. The van der Waals surface area contributed by atoms with Gasteiger partial charge in [0.2, 0.25) is 0 Å². The molecule has 0 bridgehead atoms. The molecule has 0 amide bonds. The molecule has 164 valence electrons. The normalized spacial score (nSPS) is 11.1. The van der Waals surface area contributed by atoms with Gasteiger partial charge in [0, 0.05) is 0 Å². The van der Waals surface area contributed by atoms with Gasteiger partial charge in [0.05, 0.1) is 36.4 Å². The van der Waals surface area contributed by atoms with Crippen LogP contribution >= 0.6 is 0 Å². The van der Waals surface area contributed by atoms with Crippen molar-refractivity contribution in [2.75, 3.05) is 14.2 Å². The molecule has 0 radical (unpaired) electrons. The molecule has 0 unspecified atom stereocenters. The van der Waals surface area contributed by atoms with Gasteiger partial charge in [-0.05, 0) is 53.6 Å². The van der Waals surface area contributed by atoms with Gasteiger partial charge in [0.15, 0.2) is 11.5 Å². The number of carbonyl (C=O) groups is 1. The summed E-state index contributed by atoms with van der Waals surface area (Å²) in [6.07, 6.45) is 1.75. The molecule has 1 aromatic heterocycles. The zero-order chi connectivity index (χ0) is 23.2. The minimum Gasteiger partial charge on any atom is -0.493 e. The Kier molecular flexibility index (Phi) is 6.37. The van der Waals surface area contributed by atoms with Gasteiger partial charge in [0.1, 0.15) is 18.5 Å². The van der Waals surface area contributed by atoms with Crippen LogP contribution in [0.4, 0.5) is 0 Å². The molecule has 7 nitrogen and oxygen atoms in total. The Hall–Kier alpha value is -4.57. The van der Waals surface area contributed by atoms with Crippen molar-refractivity contribution in [1.29, 1.82) is 5.26 Å². The van der Waals surface area contributed by atoms with Crippen molar-refractivity contribution in [3.63, 3.8) is 0 Å². The largest absolute Gasteiger partial charge is 0.493 e. The van der Waals surface area contributed by atoms with Crippen molar-refractivity contribution in [1.82, 2.24) is 9.97 Å². The molecule has 7 heteroatoms. The van der Waals surface area contributed by atoms with Gasteiger partial charge in [-0.25, -0.2) is 9.78 Å². The van der Waals surface area contributed by atoms with Gasteiger partial charge in [-0.3, -0.25) is 0 Å². The molecule has 0 fully saturated rings. The van der Waals surface area contributed by atoms with Crippen LogP contribution in [0.15, 0.2) is 66.7 Å². The Labute approximate surface area is 190 Å². The fraction of sp³-hybridized carbons (Fsp3) is 0.115. The predicted octanol–water partition coefficient (Wildman–Crippen LogP) is 5.00. The van der Waals surface area contributed by atoms with E-state index in [-0.39, 0.29) is 5.97 Å². The van der Waals surface area contributed by atoms with Crippen LogP contribution in [0.2, 0.25) is 0 Å². The molecule has 0 atom stereocenters. The highest BCUT2D eigenvalue weighted by molar-refractivity contribution is 5.90. The number of allylic oxidation sites excluding steroid dienone is 1. The zero-order valence-corrected chi connectivity index (χ0v) is 18.2. The molecule has 4 rings (SSSR count). The second-order valence-corrected chi connectivity index (χ2v) is 7.16. The fourth-order valence-electron chi connectivity index (χ4n) is 3.31. The smallest absolute Gasteiger partial charge is 0.337 e. The van der Waals surface area contributed by atoms with Crippen molar-refractivity contribution in [2.24, 2.45) is 0 Å². The first-order chi connectivity index (χ1) is 16.1. The summed E-state index contributed by atoms with van der Waals surface area (Å²) in [4.78, 5) is 19.2. The lowest BCUT2D eigenvalue weighted by Crippen LogP contribution is -2.02. The van der Waals surface area contributed by atoms with E-state index in [1.165, 1.54) is 7.11 Å². The molecule has 0 aliphatic rings. The number of H-pyrrole nitrogens is 1. The Morgan fingerprint density at radius 1 is 1.06 bits per heavy atom. The summed E-state index contributed by atoms with van der Waals surface area (Å²) in [6, 6.07) is 22.3. The topological polar surface area (TPSA) is 97.2 Å². The molecule has 33 heavy (non-hydrogen) atoms. The molecular weight excluding hydrogens is 418 g/mol. The third-order valence-electron chi connectivity index (χ3n) is 5.03. The summed E-state index contributed by atoms with van der Waals surface area (Å²) in [5.41, 5.74) is 4.23. The van der Waals surface area contributed by atoms with Crippen LogP contribution in [-0.4, -0.2) is 30.2 Å². The van der Waals surface area contributed by atoms with Crippen LogP contribution in [0, 0.1) is 11.3 Å². The highest BCUT2D eigenvalue weighted by Crippen LogP contribution is 2.30. The summed E-state index contributed by atoms with van der Waals surface area (Å²) >= 11 is 0. The number of hydrogen-bond donors (Lipinski definition) is 1. The predicted molar refractivity (Wildman–Crippen MR) is 125 cm³/mol. The Morgan fingerprint density at radius 3 is 2.55 bits per heavy atom. The van der Waals surface area contributed by atoms with E-state index in [0.717, 1.165) is 22.2 Å². The number of fused-ring (bicyclic) bond motifs is 1. The average molecular weight is 439 g/mol. The van der Waals surface area contributed by atoms with Gasteiger partial charge < -0.3 is 19.2 Å². The van der Waals surface area contributed by atoms with Gasteiger partial charge >= 0.3 is 5.97 Å². The van der Waals surface area contributed by atoms with E-state index in [0.29, 0.717) is 35.1 Å². The van der Waals surface area contributed by atoms with Gasteiger partial charge in [-0.15, -0.1) is 0 Å². The summed E-state index contributed by atoms with van der Waals surface area (Å²) in [5.74, 6) is 1.23. The third kappa shape index (κ3) is 4.86. The van der Waals surface area contributed by atoms with Crippen molar-refractivity contribution in [3.05, 3.63) is 89.2 Å². The Balaban J connectivity index is 1.52. The molecular formula is C26H21N3O4. The van der Waals surface area contributed by atoms with Gasteiger partial charge in [-0.2, -0.15) is 5.26 Å². The van der Waals surface area contributed by atoms with Crippen molar-refractivity contribution < 1.29 is 19.0 Å². The minimum atomic E-state index is -0.382. The molecule has 0 saturated heterocycles. The summed E-state index contributed by atoms with van der Waals surface area (Å²) in [5, 5.41) is 9.66. The van der Waals surface area contributed by atoms with Crippen molar-refractivity contribution in [3.8, 4) is 17.6 Å². The van der Waals surface area contributed by atoms with E-state index < -0.39 is 0 Å². The molecule has 3 aromatic carbocycles. The number of carbonyl (C=O) groups excluding carboxylic acids is 1. The summed E-state index contributed by atoms with van der Waals surface area (Å²) in [6.45, 7) is 0.301. The summed E-state index contributed by atoms with van der Waals surface area (Å²) < 4.78 is 16.1. The second-order valence-electron chi connectivity index (χ2n) is 7.16. The lowest BCUT2D eigenvalue weighted by Gasteiger charge is -2.12. The van der Waals surface area contributed by atoms with Crippen molar-refractivity contribution in [2.45, 2.75) is 6.61 Å². The molecule has 0 aliphatic carbocycles. The number of ether oxygens (including phenoxy) is 3. The number of methoxy groups -OCH3 is 2. The third-order valence-corrected chi connectivity index (χ3v) is 5.03. The number of imidazole rings is 1. The van der Waals surface area contributed by atoms with Crippen molar-refractivity contribution >= 4 is 28.7 Å². The number of aromatic nitrogens is 2. The highest BCUT2D eigenvalue weighted by atomic mass is 16.5. The maximum atomic E-state index is 11.6. The van der Waals surface area contributed by atoms with Gasteiger partial charge in [0.25, 0.3) is 0 Å². The lowest BCUT2D eigenvalue weighted by atomic mass is 10.1. The number of nitrogens with zero attached hydrogens (tertiary/aromatic N) is 2. The highest BCUT2D eigenvalue weighted by Gasteiger charge is 2.11. The Bertz CT molecular complexity index is 1330. The molecule has 1 heterocycles. The maximum absolute atomic E-state index is 11.6. The van der Waals surface area contributed by atoms with Crippen LogP contribution in [0.1, 0.15) is 27.3 Å². The number of nitriles is 1. The number of esters is 1. The quantitative estimate of drug-likeness (QED) is 0.321. The van der Waals surface area contributed by atoms with Crippen LogP contribution in [0.3, 0.4) is 0 Å². The minimum absolute atomic E-state index is 0.301. The Morgan fingerprint density at radius 2 is 1.85 bits per heavy atom. The standard InChI is InChI=1S/C26H21N3O4/c1-31-24-14-18(13-20(15-27)25-28-21-5-3-4-6-22(21)29-25)9-12-23(24)33-16-17-7-10-19(11-8-17)26(30)32-2/h3-14H,16H2,1-2H3,(H,28,29)/b20-13+. The van der Waals surface area contributed by atoms with E-state index in [4.69, 9.17) is 14.2 Å². The fourth-order valence-corrected chi connectivity index (χ4v) is 3.31. The lowest BCUT2D eigenvalue weighted by molar-refractivity contribution is 0.0600. The first-order valence-electron chi connectivity index (χ1n) is 10.2. The number of para-hydroxylation sites is 2. The van der Waals surface area contributed by atoms with E-state index in [2.05, 4.69) is 16.0 Å². The molecule has 1 N–H and O–H groups in total. The number of nitrogens with one attached hydrogen (secondary N) is 1. The van der Waals surface area contributed by atoms with E-state index >= 15 is 0 Å². The van der Waals surface area contributed by atoms with Crippen LogP contribution in [0.25, 0.3) is 22.7 Å². The molecule has 0 aliphatic heterocycles. The first-order valence-corrected chi connectivity index (χ1v) is 10.2. The van der Waals surface area contributed by atoms with E-state index in [1.54, 1.807) is 37.5 Å². The number of aromatic amines is 1. The zero-order valence-electron chi connectivity index (χ0n) is 18.2. The number of benzene rings is 3. The summed E-state index contributed by atoms with van der Waals surface area (Å²) in [7, 11) is 2.91. The van der Waals surface area contributed by atoms with Crippen LogP contribution in [0.5, 0.6) is 11.5 Å². The van der Waals surface area contributed by atoms with E-state index in [1.807, 2.05) is 42.5 Å². The monoisotopic (exact) mass is 439 g/mol. The molecule has 0 saturated carbocycles. The van der Waals surface area contributed by atoms with Gasteiger partial charge in [-0.1, -0.05) is 30.3 Å². The molecule has 0 spiro atoms. The van der Waals surface area contributed by atoms with Crippen LogP contribution in [-0.2, 0) is 11.3 Å². The SMILES string of the molecule is COC(=O)c1ccc(COc2ccc(/C=C(\C#N)c3nc4ccccc4[nH]3)cc2OC)cc1. The second kappa shape index (κ2) is 9.71. The van der Waals surface area contributed by atoms with E-state index in [9.17, 15) is 10.1 Å². The average Bonchev–Trinajstić information content (AvgIpc) is 3.30. The molecule has 4 aromatic rings. The first kappa shape index (κ1) is 21.7. The maximum Gasteiger partial charge on any atom is 0.337 e.